The Morgan fingerprint density at radius 1 is 1.28 bits per heavy atom. The highest BCUT2D eigenvalue weighted by atomic mass is 16.3. The van der Waals surface area contributed by atoms with Gasteiger partial charge in [-0.3, -0.25) is 9.59 Å². The molecule has 1 aliphatic heterocycles. The largest absolute Gasteiger partial charge is 0.483 e. The molecule has 1 atom stereocenters. The van der Waals surface area contributed by atoms with Crippen LogP contribution in [-0.4, -0.2) is 40.0 Å². The van der Waals surface area contributed by atoms with Crippen LogP contribution in [0.4, 0.5) is 11.6 Å². The number of nitrogens with one attached hydrogen (secondary N) is 1. The number of benzene rings is 1. The molecule has 2 aromatic rings. The van der Waals surface area contributed by atoms with E-state index in [-0.39, 0.29) is 12.4 Å². The fourth-order valence-corrected chi connectivity index (χ4v) is 2.79. The molecule has 2 N–H and O–H groups in total. The summed E-state index contributed by atoms with van der Waals surface area (Å²) < 4.78 is 0. The van der Waals surface area contributed by atoms with Gasteiger partial charge in [-0.1, -0.05) is 18.2 Å². The molecular formula is C18H22N4O3. The van der Waals surface area contributed by atoms with E-state index in [0.717, 1.165) is 12.4 Å². The minimum absolute atomic E-state index is 0.156. The van der Waals surface area contributed by atoms with Crippen LogP contribution in [0.2, 0.25) is 0 Å². The van der Waals surface area contributed by atoms with Crippen LogP contribution >= 0.6 is 0 Å². The molecule has 1 aromatic heterocycles. The zero-order chi connectivity index (χ0) is 18.1. The highest BCUT2D eigenvalue weighted by Crippen LogP contribution is 2.23. The van der Waals surface area contributed by atoms with E-state index in [0.29, 0.717) is 17.4 Å². The number of hydrogen-bond donors (Lipinski definition) is 2. The molecule has 1 saturated heterocycles. The fraction of sp³-hybridized carbons (Fsp3) is 0.333. The second-order valence-corrected chi connectivity index (χ2v) is 5.73. The van der Waals surface area contributed by atoms with E-state index >= 15 is 0 Å². The van der Waals surface area contributed by atoms with Gasteiger partial charge in [0.25, 0.3) is 12.4 Å². The van der Waals surface area contributed by atoms with Crippen molar-refractivity contribution < 1.29 is 14.7 Å². The van der Waals surface area contributed by atoms with Crippen molar-refractivity contribution >= 4 is 24.0 Å². The van der Waals surface area contributed by atoms with Gasteiger partial charge in [0.2, 0.25) is 0 Å². The number of rotatable bonds is 3. The summed E-state index contributed by atoms with van der Waals surface area (Å²) in [5.41, 5.74) is 0.619. The Kier molecular flexibility index (Phi) is 6.88. The smallest absolute Gasteiger partial charge is 0.290 e. The molecule has 0 aliphatic carbocycles. The molecule has 2 heterocycles. The zero-order valence-electron chi connectivity index (χ0n) is 14.1. The summed E-state index contributed by atoms with van der Waals surface area (Å²) in [6.07, 6.45) is 5.13. The number of amides is 1. The van der Waals surface area contributed by atoms with Gasteiger partial charge in [-0.25, -0.2) is 9.97 Å². The molecule has 1 unspecified atom stereocenters. The van der Waals surface area contributed by atoms with Gasteiger partial charge in [0.1, 0.15) is 18.0 Å². The summed E-state index contributed by atoms with van der Waals surface area (Å²) in [6, 6.07) is 11.5. The van der Waals surface area contributed by atoms with E-state index in [4.69, 9.17) is 9.90 Å². The van der Waals surface area contributed by atoms with Crippen LogP contribution in [0.15, 0.2) is 42.7 Å². The van der Waals surface area contributed by atoms with Crippen LogP contribution in [0.3, 0.4) is 0 Å². The minimum Gasteiger partial charge on any atom is -0.483 e. The van der Waals surface area contributed by atoms with Crippen molar-refractivity contribution in [1.29, 1.82) is 0 Å². The number of carboxylic acid groups (broad SMARTS) is 1. The van der Waals surface area contributed by atoms with Crippen molar-refractivity contribution in [3.63, 3.8) is 0 Å². The zero-order valence-corrected chi connectivity index (χ0v) is 14.1. The van der Waals surface area contributed by atoms with Crippen molar-refractivity contribution in [2.24, 2.45) is 0 Å². The highest BCUT2D eigenvalue weighted by molar-refractivity contribution is 6.03. The van der Waals surface area contributed by atoms with E-state index in [1.165, 1.54) is 25.6 Å². The minimum atomic E-state index is -0.250. The molecule has 1 fully saturated rings. The summed E-state index contributed by atoms with van der Waals surface area (Å²) >= 11 is 0. The Balaban J connectivity index is 0.000000701. The number of carbonyl (C=O) groups is 2. The average molecular weight is 342 g/mol. The molecule has 25 heavy (non-hydrogen) atoms. The predicted octanol–water partition coefficient (Wildman–Crippen LogP) is 2.81. The van der Waals surface area contributed by atoms with Crippen molar-refractivity contribution in [1.82, 2.24) is 9.97 Å². The molecule has 132 valence electrons. The first-order valence-corrected chi connectivity index (χ1v) is 8.18. The Hall–Kier alpha value is -2.96. The van der Waals surface area contributed by atoms with Crippen molar-refractivity contribution in [2.75, 3.05) is 16.8 Å². The van der Waals surface area contributed by atoms with E-state index in [9.17, 15) is 4.79 Å². The van der Waals surface area contributed by atoms with Gasteiger partial charge in [0, 0.05) is 24.2 Å². The van der Waals surface area contributed by atoms with Crippen molar-refractivity contribution in [3.05, 3.63) is 48.3 Å². The normalized spacial score (nSPS) is 16.4. The number of hydrogen-bond acceptors (Lipinski definition) is 5. The van der Waals surface area contributed by atoms with Crippen LogP contribution in [0.25, 0.3) is 0 Å². The van der Waals surface area contributed by atoms with Gasteiger partial charge < -0.3 is 15.3 Å². The third-order valence-electron chi connectivity index (χ3n) is 4.03. The van der Waals surface area contributed by atoms with Crippen LogP contribution in [0.5, 0.6) is 0 Å². The number of anilines is 2. The summed E-state index contributed by atoms with van der Waals surface area (Å²) in [5.74, 6) is 1.26. The topological polar surface area (TPSA) is 95.4 Å². The molecule has 0 spiro atoms. The van der Waals surface area contributed by atoms with E-state index in [1.807, 2.05) is 24.3 Å². The summed E-state index contributed by atoms with van der Waals surface area (Å²) in [4.78, 5) is 31.3. The Morgan fingerprint density at radius 2 is 2.00 bits per heavy atom. The van der Waals surface area contributed by atoms with Crippen LogP contribution in [0, 0.1) is 0 Å². The van der Waals surface area contributed by atoms with Gasteiger partial charge in [-0.15, -0.1) is 0 Å². The molecule has 0 bridgehead atoms. The third-order valence-corrected chi connectivity index (χ3v) is 4.03. The van der Waals surface area contributed by atoms with Crippen LogP contribution in [0.1, 0.15) is 36.5 Å². The summed E-state index contributed by atoms with van der Waals surface area (Å²) in [6.45, 7) is 2.97. The van der Waals surface area contributed by atoms with E-state index in [2.05, 4.69) is 27.1 Å². The molecule has 7 heteroatoms. The van der Waals surface area contributed by atoms with Gasteiger partial charge >= 0.3 is 0 Å². The number of aromatic nitrogens is 2. The molecular weight excluding hydrogens is 320 g/mol. The maximum Gasteiger partial charge on any atom is 0.290 e. The molecule has 0 saturated carbocycles. The molecule has 1 amide bonds. The maximum absolute atomic E-state index is 12.2. The van der Waals surface area contributed by atoms with Crippen molar-refractivity contribution in [2.45, 2.75) is 32.2 Å². The standard InChI is InChI=1S/C17H20N4O.CH2O2/c1-13-7-5-6-10-21(13)16-11-15(18-12-19-16)20-17(22)14-8-3-2-4-9-14;2-1-3/h2-4,8-9,11-13H,5-7,10H2,1H3,(H,18,19,20,22);1H,(H,2,3). The average Bonchev–Trinajstić information content (AvgIpc) is 2.64. The summed E-state index contributed by atoms with van der Waals surface area (Å²) in [5, 5.41) is 9.72. The lowest BCUT2D eigenvalue weighted by Gasteiger charge is -2.34. The van der Waals surface area contributed by atoms with E-state index in [1.54, 1.807) is 12.1 Å². The maximum atomic E-state index is 12.2. The first kappa shape index (κ1) is 18.4. The highest BCUT2D eigenvalue weighted by Gasteiger charge is 2.20. The van der Waals surface area contributed by atoms with Crippen molar-refractivity contribution in [3.8, 4) is 0 Å². The molecule has 1 aromatic carbocycles. The van der Waals surface area contributed by atoms with E-state index < -0.39 is 0 Å². The van der Waals surface area contributed by atoms with Crippen LogP contribution < -0.4 is 10.2 Å². The molecule has 3 rings (SSSR count). The van der Waals surface area contributed by atoms with Gasteiger partial charge in [-0.2, -0.15) is 0 Å². The Labute approximate surface area is 146 Å². The second-order valence-electron chi connectivity index (χ2n) is 5.73. The Morgan fingerprint density at radius 3 is 2.68 bits per heavy atom. The fourth-order valence-electron chi connectivity index (χ4n) is 2.79. The van der Waals surface area contributed by atoms with Crippen LogP contribution in [-0.2, 0) is 4.79 Å². The third kappa shape index (κ3) is 5.27. The van der Waals surface area contributed by atoms with Gasteiger partial charge in [0.15, 0.2) is 0 Å². The first-order valence-electron chi connectivity index (χ1n) is 8.18. The number of nitrogens with zero attached hydrogens (tertiary/aromatic N) is 3. The lowest BCUT2D eigenvalue weighted by atomic mass is 10.0. The lowest BCUT2D eigenvalue weighted by molar-refractivity contribution is -0.122. The molecule has 0 radical (unpaired) electrons. The monoisotopic (exact) mass is 342 g/mol. The molecule has 7 nitrogen and oxygen atoms in total. The SMILES string of the molecule is CC1CCCCN1c1cc(NC(=O)c2ccccc2)ncn1.O=CO. The first-order chi connectivity index (χ1) is 12.2. The Bertz CT molecular complexity index is 694. The second kappa shape index (κ2) is 9.36. The predicted molar refractivity (Wildman–Crippen MR) is 95.8 cm³/mol. The molecule has 1 aliphatic rings. The van der Waals surface area contributed by atoms with Gasteiger partial charge in [0.05, 0.1) is 0 Å². The quantitative estimate of drug-likeness (QED) is 0.833. The number of piperidine rings is 1. The van der Waals surface area contributed by atoms with Gasteiger partial charge in [-0.05, 0) is 38.3 Å². The number of carbonyl (C=O) groups excluding carboxylic acids is 1. The lowest BCUT2D eigenvalue weighted by Crippen LogP contribution is -2.38. The summed E-state index contributed by atoms with van der Waals surface area (Å²) in [7, 11) is 0.